The Balaban J connectivity index is 1.53. The number of hydrogen-bond donors (Lipinski definition) is 2. The number of fused-ring (bicyclic) bond motifs is 2. The van der Waals surface area contributed by atoms with Crippen LogP contribution in [0.1, 0.15) is 37.8 Å². The number of rotatable bonds is 5. The lowest BCUT2D eigenvalue weighted by Gasteiger charge is -2.16. The van der Waals surface area contributed by atoms with Crippen molar-refractivity contribution in [3.8, 4) is 5.75 Å². The fourth-order valence-corrected chi connectivity index (χ4v) is 4.59. The number of carbonyl (C=O) groups is 2. The Kier molecular flexibility index (Phi) is 4.28. The highest BCUT2D eigenvalue weighted by atomic mass is 19.1. The molecular weight excluding hydrogens is 377 g/mol. The van der Waals surface area contributed by atoms with E-state index in [4.69, 9.17) is 9.47 Å². The number of ether oxygens (including phenoxy) is 2. The van der Waals surface area contributed by atoms with Gasteiger partial charge in [-0.3, -0.25) is 4.79 Å². The van der Waals surface area contributed by atoms with Crippen molar-refractivity contribution in [1.29, 1.82) is 0 Å². The Bertz CT molecular complexity index is 969. The van der Waals surface area contributed by atoms with Crippen LogP contribution in [-0.2, 0) is 4.74 Å². The zero-order valence-electron chi connectivity index (χ0n) is 15.5. The molecule has 5 rings (SSSR count). The lowest BCUT2D eigenvalue weighted by Crippen LogP contribution is -2.30. The van der Waals surface area contributed by atoms with E-state index in [1.54, 1.807) is 6.07 Å². The minimum Gasteiger partial charge on any atom is -0.485 e. The fraction of sp³-hybridized carbons (Fsp3) is 0.364. The topological polar surface area (TPSA) is 84.9 Å². The monoisotopic (exact) mass is 397 g/mol. The molecule has 1 aliphatic carbocycles. The van der Waals surface area contributed by atoms with E-state index in [1.807, 2.05) is 30.3 Å². The molecule has 0 aromatic heterocycles. The first-order valence-corrected chi connectivity index (χ1v) is 9.66. The standard InChI is InChI=1S/C22H20FNO5/c23-8-17-18(11-4-2-1-3-5-11)13-6-12(7-14(22(26)27)20(13)29-17)21(25)24-19-15-9-28-10-16(15)19/h1-7,15-19H,8-10H2,(H,24,25)(H,26,27)/t15-,16-,17+,18-/m0/s1. The van der Waals surface area contributed by atoms with Gasteiger partial charge in [0.1, 0.15) is 24.1 Å². The number of amides is 1. The predicted molar refractivity (Wildman–Crippen MR) is 101 cm³/mol. The molecule has 1 amide bonds. The molecule has 6 nitrogen and oxygen atoms in total. The third kappa shape index (κ3) is 2.97. The zero-order valence-corrected chi connectivity index (χ0v) is 15.5. The van der Waals surface area contributed by atoms with Crippen molar-refractivity contribution in [3.05, 3.63) is 64.7 Å². The van der Waals surface area contributed by atoms with E-state index < -0.39 is 24.7 Å². The number of hydrogen-bond acceptors (Lipinski definition) is 4. The Morgan fingerprint density at radius 2 is 1.86 bits per heavy atom. The number of carboxylic acids is 1. The summed E-state index contributed by atoms with van der Waals surface area (Å²) in [6, 6.07) is 12.3. The van der Waals surface area contributed by atoms with Crippen molar-refractivity contribution in [2.45, 2.75) is 18.1 Å². The van der Waals surface area contributed by atoms with Crippen LogP contribution in [0, 0.1) is 11.8 Å². The van der Waals surface area contributed by atoms with Crippen molar-refractivity contribution in [1.82, 2.24) is 5.32 Å². The molecule has 7 heteroatoms. The van der Waals surface area contributed by atoms with E-state index in [9.17, 15) is 19.1 Å². The number of benzene rings is 2. The van der Waals surface area contributed by atoms with Gasteiger partial charge in [0.25, 0.3) is 5.91 Å². The summed E-state index contributed by atoms with van der Waals surface area (Å²) in [5, 5.41) is 12.7. The molecule has 0 bridgehead atoms. The largest absolute Gasteiger partial charge is 0.485 e. The Hall–Kier alpha value is -2.93. The van der Waals surface area contributed by atoms with Crippen LogP contribution >= 0.6 is 0 Å². The lowest BCUT2D eigenvalue weighted by molar-refractivity contribution is 0.0689. The highest BCUT2D eigenvalue weighted by Gasteiger charge is 2.54. The summed E-state index contributed by atoms with van der Waals surface area (Å²) in [5.41, 5.74) is 1.47. The van der Waals surface area contributed by atoms with Crippen LogP contribution in [0.2, 0.25) is 0 Å². The number of aromatic carboxylic acids is 1. The molecule has 2 aromatic rings. The van der Waals surface area contributed by atoms with Crippen molar-refractivity contribution < 1.29 is 28.6 Å². The third-order valence-corrected chi connectivity index (χ3v) is 6.15. The first-order chi connectivity index (χ1) is 14.1. The van der Waals surface area contributed by atoms with Crippen LogP contribution in [-0.4, -0.2) is 49.0 Å². The Morgan fingerprint density at radius 3 is 2.52 bits per heavy atom. The normalized spacial score (nSPS) is 28.9. The summed E-state index contributed by atoms with van der Waals surface area (Å²) in [6.45, 7) is 0.519. The number of nitrogens with one attached hydrogen (secondary N) is 1. The molecule has 2 aromatic carbocycles. The summed E-state index contributed by atoms with van der Waals surface area (Å²) in [6.07, 6.45) is -0.830. The molecular formula is C22H20FNO5. The maximum absolute atomic E-state index is 13.7. The van der Waals surface area contributed by atoms with Gasteiger partial charge in [0, 0.05) is 29.0 Å². The SMILES string of the molecule is O=C(NC1[C@H]2COC[C@H]12)c1cc(C(=O)O)c2c(c1)[C@H](c1ccccc1)[C@@H](CF)O2. The van der Waals surface area contributed by atoms with E-state index in [0.29, 0.717) is 30.6 Å². The maximum atomic E-state index is 13.7. The molecule has 2 aliphatic heterocycles. The van der Waals surface area contributed by atoms with Crippen LogP contribution < -0.4 is 10.1 Å². The minimum absolute atomic E-state index is 0.0672. The van der Waals surface area contributed by atoms with Gasteiger partial charge in [-0.05, 0) is 17.7 Å². The van der Waals surface area contributed by atoms with Crippen LogP contribution in [0.5, 0.6) is 5.75 Å². The second-order valence-corrected chi connectivity index (χ2v) is 7.81. The first kappa shape index (κ1) is 18.1. The number of carbonyl (C=O) groups excluding carboxylic acids is 1. The van der Waals surface area contributed by atoms with Gasteiger partial charge < -0.3 is 19.9 Å². The third-order valence-electron chi connectivity index (χ3n) is 6.15. The summed E-state index contributed by atoms with van der Waals surface area (Å²) in [7, 11) is 0. The molecule has 3 aliphatic rings. The Labute approximate surface area is 166 Å². The molecule has 1 saturated carbocycles. The average Bonchev–Trinajstić information content (AvgIpc) is 3.10. The van der Waals surface area contributed by atoms with Crippen molar-refractivity contribution in [2.24, 2.45) is 11.8 Å². The summed E-state index contributed by atoms with van der Waals surface area (Å²) in [5.74, 6) is -1.20. The van der Waals surface area contributed by atoms with Gasteiger partial charge in [-0.1, -0.05) is 30.3 Å². The smallest absolute Gasteiger partial charge is 0.339 e. The maximum Gasteiger partial charge on any atom is 0.339 e. The molecule has 4 atom stereocenters. The van der Waals surface area contributed by atoms with Gasteiger partial charge >= 0.3 is 5.97 Å². The van der Waals surface area contributed by atoms with Gasteiger partial charge in [-0.2, -0.15) is 0 Å². The predicted octanol–water partition coefficient (Wildman–Crippen LogP) is 2.62. The van der Waals surface area contributed by atoms with E-state index in [-0.39, 0.29) is 28.8 Å². The quantitative estimate of drug-likeness (QED) is 0.810. The van der Waals surface area contributed by atoms with Crippen LogP contribution in [0.15, 0.2) is 42.5 Å². The second kappa shape index (κ2) is 6.84. The van der Waals surface area contributed by atoms with E-state index in [0.717, 1.165) is 5.56 Å². The summed E-state index contributed by atoms with van der Waals surface area (Å²) >= 11 is 0. The molecule has 2 heterocycles. The molecule has 2 fully saturated rings. The molecule has 29 heavy (non-hydrogen) atoms. The number of carboxylic acid groups (broad SMARTS) is 1. The van der Waals surface area contributed by atoms with Gasteiger partial charge in [0.05, 0.1) is 19.1 Å². The highest BCUT2D eigenvalue weighted by molar-refractivity contribution is 6.00. The van der Waals surface area contributed by atoms with Crippen molar-refractivity contribution in [3.63, 3.8) is 0 Å². The van der Waals surface area contributed by atoms with Crippen LogP contribution in [0.4, 0.5) is 4.39 Å². The van der Waals surface area contributed by atoms with Crippen LogP contribution in [0.25, 0.3) is 0 Å². The summed E-state index contributed by atoms with van der Waals surface area (Å²) in [4.78, 5) is 24.7. The van der Waals surface area contributed by atoms with Gasteiger partial charge in [0.2, 0.25) is 0 Å². The van der Waals surface area contributed by atoms with Gasteiger partial charge in [-0.15, -0.1) is 0 Å². The zero-order chi connectivity index (χ0) is 20.1. The molecule has 0 unspecified atom stereocenters. The van der Waals surface area contributed by atoms with Gasteiger partial charge in [-0.25, -0.2) is 9.18 Å². The molecule has 0 spiro atoms. The lowest BCUT2D eigenvalue weighted by atomic mass is 9.87. The second-order valence-electron chi connectivity index (χ2n) is 7.81. The van der Waals surface area contributed by atoms with E-state index >= 15 is 0 Å². The van der Waals surface area contributed by atoms with Crippen molar-refractivity contribution >= 4 is 11.9 Å². The number of halogens is 1. The van der Waals surface area contributed by atoms with E-state index in [2.05, 4.69) is 5.32 Å². The van der Waals surface area contributed by atoms with Gasteiger partial charge in [0.15, 0.2) is 0 Å². The first-order valence-electron chi connectivity index (χ1n) is 9.66. The molecule has 0 radical (unpaired) electrons. The highest BCUT2D eigenvalue weighted by Crippen LogP contribution is 2.46. The van der Waals surface area contributed by atoms with E-state index in [1.165, 1.54) is 6.07 Å². The fourth-order valence-electron chi connectivity index (χ4n) is 4.59. The number of alkyl halides is 1. The molecule has 1 saturated heterocycles. The summed E-state index contributed by atoms with van der Waals surface area (Å²) < 4.78 is 24.8. The molecule has 2 N–H and O–H groups in total. The van der Waals surface area contributed by atoms with Crippen LogP contribution in [0.3, 0.4) is 0 Å². The van der Waals surface area contributed by atoms with Crippen molar-refractivity contribution in [2.75, 3.05) is 19.9 Å². The Morgan fingerprint density at radius 1 is 1.14 bits per heavy atom. The molecule has 150 valence electrons. The average molecular weight is 397 g/mol. The minimum atomic E-state index is -1.21.